The van der Waals surface area contributed by atoms with Crippen molar-refractivity contribution >= 4 is 11.9 Å². The molecule has 59 heavy (non-hydrogen) atoms. The number of esters is 1. The fraction of sp³-hybridized carbons (Fsp3) is 0.849. The first-order chi connectivity index (χ1) is 29.0. The van der Waals surface area contributed by atoms with Gasteiger partial charge in [-0.05, 0) is 51.4 Å². The summed E-state index contributed by atoms with van der Waals surface area (Å²) < 4.78 is 5.92. The zero-order chi connectivity index (χ0) is 43.1. The molecule has 0 saturated carbocycles. The van der Waals surface area contributed by atoms with Crippen LogP contribution in [0.3, 0.4) is 0 Å². The predicted molar refractivity (Wildman–Crippen MR) is 255 cm³/mol. The van der Waals surface area contributed by atoms with Gasteiger partial charge in [-0.2, -0.15) is 0 Å². The summed E-state index contributed by atoms with van der Waals surface area (Å²) in [6, 6.07) is -0.709. The Morgan fingerprint density at radius 1 is 0.492 bits per heavy atom. The van der Waals surface area contributed by atoms with E-state index in [0.717, 1.165) is 70.6 Å². The van der Waals surface area contributed by atoms with Gasteiger partial charge in [-0.15, -0.1) is 0 Å². The number of aliphatic hydroxyl groups is 2. The minimum absolute atomic E-state index is 0.0585. The molecule has 0 aromatic carbocycles. The van der Waals surface area contributed by atoms with Gasteiger partial charge in [0, 0.05) is 6.42 Å². The van der Waals surface area contributed by atoms with Crippen LogP contribution in [0.1, 0.15) is 265 Å². The summed E-state index contributed by atoms with van der Waals surface area (Å²) in [6.07, 6.45) is 54.8. The van der Waals surface area contributed by atoms with Gasteiger partial charge in [0.05, 0.1) is 25.2 Å². The molecule has 3 atom stereocenters. The van der Waals surface area contributed by atoms with Crippen molar-refractivity contribution in [1.82, 2.24) is 5.32 Å². The topological polar surface area (TPSA) is 95.9 Å². The molecule has 6 heteroatoms. The summed E-state index contributed by atoms with van der Waals surface area (Å²) in [5.74, 6) is -0.498. The number of hydrogen-bond donors (Lipinski definition) is 3. The van der Waals surface area contributed by atoms with Gasteiger partial charge < -0.3 is 20.3 Å². The third kappa shape index (κ3) is 42.6. The number of hydrogen-bond acceptors (Lipinski definition) is 5. The lowest BCUT2D eigenvalue weighted by Gasteiger charge is -2.24. The highest BCUT2D eigenvalue weighted by atomic mass is 16.5. The first-order valence-electron chi connectivity index (χ1n) is 25.7. The van der Waals surface area contributed by atoms with E-state index in [9.17, 15) is 19.8 Å². The smallest absolute Gasteiger partial charge is 0.306 e. The molecular formula is C53H99NO5. The third-order valence-electron chi connectivity index (χ3n) is 11.8. The molecule has 0 aliphatic rings. The number of nitrogens with one attached hydrogen (secondary N) is 1. The lowest BCUT2D eigenvalue weighted by Crippen LogP contribution is -2.46. The highest BCUT2D eigenvalue weighted by Gasteiger charge is 2.24. The molecule has 0 aliphatic carbocycles. The molecule has 0 fully saturated rings. The SMILES string of the molecule is CCCCCCC/C=C/C=C/C=C/CCCCCC(CC(=O)NC(CO)C(O)CCCCCCCCCCCCC)OC(=O)CCCCCCCCCCCCCCC. The molecule has 346 valence electrons. The van der Waals surface area contributed by atoms with Crippen molar-refractivity contribution in [2.24, 2.45) is 0 Å². The number of ether oxygens (including phenoxy) is 1. The summed E-state index contributed by atoms with van der Waals surface area (Å²) in [6.45, 7) is 6.46. The molecule has 3 unspecified atom stereocenters. The minimum atomic E-state index is -0.793. The van der Waals surface area contributed by atoms with Crippen LogP contribution in [0.15, 0.2) is 36.5 Å². The van der Waals surface area contributed by atoms with E-state index >= 15 is 0 Å². The second-order valence-corrected chi connectivity index (χ2v) is 17.6. The average molecular weight is 830 g/mol. The van der Waals surface area contributed by atoms with Crippen molar-refractivity contribution < 1.29 is 24.5 Å². The van der Waals surface area contributed by atoms with Gasteiger partial charge in [0.15, 0.2) is 0 Å². The van der Waals surface area contributed by atoms with Crippen molar-refractivity contribution in [3.8, 4) is 0 Å². The summed E-state index contributed by atoms with van der Waals surface area (Å²) in [5.41, 5.74) is 0. The van der Waals surface area contributed by atoms with E-state index in [2.05, 4.69) is 62.5 Å². The predicted octanol–water partition coefficient (Wildman–Crippen LogP) is 15.3. The quantitative estimate of drug-likeness (QED) is 0.0323. The Kier molecular flexibility index (Phi) is 45.6. The van der Waals surface area contributed by atoms with Crippen LogP contribution in [-0.4, -0.2) is 46.9 Å². The van der Waals surface area contributed by atoms with Gasteiger partial charge >= 0.3 is 5.97 Å². The first kappa shape index (κ1) is 57.1. The van der Waals surface area contributed by atoms with Crippen molar-refractivity contribution in [3.05, 3.63) is 36.5 Å². The van der Waals surface area contributed by atoms with Crippen molar-refractivity contribution in [2.45, 2.75) is 283 Å². The van der Waals surface area contributed by atoms with Crippen LogP contribution in [0.5, 0.6) is 0 Å². The molecule has 1 amide bonds. The maximum Gasteiger partial charge on any atom is 0.306 e. The van der Waals surface area contributed by atoms with Crippen LogP contribution in [0.2, 0.25) is 0 Å². The molecule has 0 heterocycles. The van der Waals surface area contributed by atoms with Crippen LogP contribution in [0.4, 0.5) is 0 Å². The van der Waals surface area contributed by atoms with Gasteiger partial charge in [0.1, 0.15) is 6.10 Å². The molecule has 0 aromatic heterocycles. The summed E-state index contributed by atoms with van der Waals surface area (Å²) in [4.78, 5) is 26.1. The van der Waals surface area contributed by atoms with E-state index in [4.69, 9.17) is 4.74 Å². The van der Waals surface area contributed by atoms with E-state index < -0.39 is 18.2 Å². The Morgan fingerprint density at radius 2 is 0.864 bits per heavy atom. The van der Waals surface area contributed by atoms with Gasteiger partial charge in [-0.1, -0.05) is 237 Å². The maximum atomic E-state index is 13.2. The van der Waals surface area contributed by atoms with Crippen LogP contribution < -0.4 is 5.32 Å². The van der Waals surface area contributed by atoms with Crippen molar-refractivity contribution in [1.29, 1.82) is 0 Å². The minimum Gasteiger partial charge on any atom is -0.462 e. The highest BCUT2D eigenvalue weighted by molar-refractivity contribution is 5.77. The van der Waals surface area contributed by atoms with Crippen molar-refractivity contribution in [3.63, 3.8) is 0 Å². The average Bonchev–Trinajstić information content (AvgIpc) is 3.23. The lowest BCUT2D eigenvalue weighted by atomic mass is 10.0. The van der Waals surface area contributed by atoms with Crippen molar-refractivity contribution in [2.75, 3.05) is 6.61 Å². The highest BCUT2D eigenvalue weighted by Crippen LogP contribution is 2.18. The standard InChI is InChI=1S/C53H99NO5/c1-4-7-10-13-16-19-22-24-25-26-28-30-32-35-38-41-44-49(59-53(58)46-43-40-37-34-31-27-23-20-17-14-11-8-5-2)47-52(57)54-50(48-55)51(56)45-42-39-36-33-29-21-18-15-12-9-6-3/h22,24-26,28,30,49-51,55-56H,4-21,23,27,29,31-48H2,1-3H3,(H,54,57)/b24-22+,26-25+,30-28+. The molecule has 0 spiro atoms. The monoisotopic (exact) mass is 830 g/mol. The van der Waals surface area contributed by atoms with E-state index in [1.165, 1.54) is 148 Å². The second kappa shape index (κ2) is 47.1. The Bertz CT molecular complexity index is 977. The maximum absolute atomic E-state index is 13.2. The molecule has 0 rings (SSSR count). The Labute approximate surface area is 366 Å². The largest absolute Gasteiger partial charge is 0.462 e. The number of allylic oxidation sites excluding steroid dienone is 6. The van der Waals surface area contributed by atoms with E-state index in [-0.39, 0.29) is 24.9 Å². The third-order valence-corrected chi connectivity index (χ3v) is 11.8. The number of rotatable bonds is 46. The fourth-order valence-electron chi connectivity index (χ4n) is 7.84. The molecule has 0 aromatic rings. The lowest BCUT2D eigenvalue weighted by molar-refractivity contribution is -0.151. The number of carbonyl (C=O) groups is 2. The normalized spacial score (nSPS) is 13.5. The summed E-state index contributed by atoms with van der Waals surface area (Å²) in [7, 11) is 0. The molecule has 0 radical (unpaired) electrons. The zero-order valence-corrected chi connectivity index (χ0v) is 39.4. The molecular weight excluding hydrogens is 731 g/mol. The molecule has 0 aliphatic heterocycles. The molecule has 0 saturated heterocycles. The Hall–Kier alpha value is -1.92. The Balaban J connectivity index is 4.65. The number of carbonyl (C=O) groups excluding carboxylic acids is 2. The Morgan fingerprint density at radius 3 is 1.31 bits per heavy atom. The molecule has 6 nitrogen and oxygen atoms in total. The van der Waals surface area contributed by atoms with Gasteiger partial charge in [0.2, 0.25) is 5.91 Å². The van der Waals surface area contributed by atoms with Crippen LogP contribution >= 0.6 is 0 Å². The van der Waals surface area contributed by atoms with Crippen LogP contribution in [0.25, 0.3) is 0 Å². The van der Waals surface area contributed by atoms with Gasteiger partial charge in [0.25, 0.3) is 0 Å². The van der Waals surface area contributed by atoms with E-state index in [1.807, 2.05) is 0 Å². The van der Waals surface area contributed by atoms with Gasteiger partial charge in [-0.25, -0.2) is 0 Å². The molecule has 0 bridgehead atoms. The van der Waals surface area contributed by atoms with Crippen LogP contribution in [0, 0.1) is 0 Å². The number of aliphatic hydroxyl groups excluding tert-OH is 2. The number of unbranched alkanes of at least 4 members (excludes halogenated alkanes) is 30. The van der Waals surface area contributed by atoms with E-state index in [0.29, 0.717) is 19.3 Å². The second-order valence-electron chi connectivity index (χ2n) is 17.6. The summed E-state index contributed by atoms with van der Waals surface area (Å²) >= 11 is 0. The van der Waals surface area contributed by atoms with Gasteiger partial charge in [-0.3, -0.25) is 9.59 Å². The molecule has 3 N–H and O–H groups in total. The first-order valence-corrected chi connectivity index (χ1v) is 25.7. The summed E-state index contributed by atoms with van der Waals surface area (Å²) in [5, 5.41) is 23.7. The fourth-order valence-corrected chi connectivity index (χ4v) is 7.84. The zero-order valence-electron chi connectivity index (χ0n) is 39.4. The number of amides is 1. The van der Waals surface area contributed by atoms with Crippen LogP contribution in [-0.2, 0) is 14.3 Å². The van der Waals surface area contributed by atoms with E-state index in [1.54, 1.807) is 0 Å².